The first-order valence-corrected chi connectivity index (χ1v) is 8.05. The lowest BCUT2D eigenvalue weighted by atomic mass is 10.2. The summed E-state index contributed by atoms with van der Waals surface area (Å²) < 4.78 is 6.94. The minimum Gasteiger partial charge on any atom is -0.448 e. The number of benzene rings is 1. The van der Waals surface area contributed by atoms with E-state index < -0.39 is 0 Å². The maximum absolute atomic E-state index is 12.6. The standard InChI is InChI=1S/C17H18N4O3.ClH/c18-8-11-4-3-7-21(11)14(22)9-20-10-19-15-12-5-1-2-6-13(12)24-16(15)17(20)23;/h1-2,5-6,10-11H,3-4,7-9,18H2;1H. The molecule has 0 radical (unpaired) electrons. The molecule has 0 aliphatic carbocycles. The molecule has 1 aromatic carbocycles. The Morgan fingerprint density at radius 2 is 2.16 bits per heavy atom. The summed E-state index contributed by atoms with van der Waals surface area (Å²) in [6, 6.07) is 7.43. The van der Waals surface area contributed by atoms with E-state index in [1.165, 1.54) is 10.9 Å². The maximum atomic E-state index is 12.6. The molecule has 1 unspecified atom stereocenters. The predicted octanol–water partition coefficient (Wildman–Crippen LogP) is 1.51. The monoisotopic (exact) mass is 362 g/mol. The minimum absolute atomic E-state index is 0. The van der Waals surface area contributed by atoms with Crippen LogP contribution in [0.3, 0.4) is 0 Å². The fraction of sp³-hybridized carbons (Fsp3) is 0.353. The van der Waals surface area contributed by atoms with Crippen molar-refractivity contribution >= 4 is 40.4 Å². The van der Waals surface area contributed by atoms with Crippen LogP contribution in [-0.2, 0) is 11.3 Å². The zero-order valence-corrected chi connectivity index (χ0v) is 14.4. The summed E-state index contributed by atoms with van der Waals surface area (Å²) in [5.41, 5.74) is 6.70. The van der Waals surface area contributed by atoms with Gasteiger partial charge in [0.05, 0.1) is 6.33 Å². The molecule has 3 aromatic rings. The molecule has 2 N–H and O–H groups in total. The van der Waals surface area contributed by atoms with Gasteiger partial charge in [0.15, 0.2) is 0 Å². The summed E-state index contributed by atoms with van der Waals surface area (Å²) in [5, 5.41) is 0.797. The van der Waals surface area contributed by atoms with E-state index in [1.807, 2.05) is 18.2 Å². The number of aromatic nitrogens is 2. The zero-order chi connectivity index (χ0) is 16.7. The average molecular weight is 363 g/mol. The molecule has 1 aliphatic rings. The highest BCUT2D eigenvalue weighted by Gasteiger charge is 2.28. The summed E-state index contributed by atoms with van der Waals surface area (Å²) >= 11 is 0. The van der Waals surface area contributed by atoms with Crippen molar-refractivity contribution in [2.45, 2.75) is 25.4 Å². The minimum atomic E-state index is -0.340. The van der Waals surface area contributed by atoms with Crippen molar-refractivity contribution in [2.24, 2.45) is 5.73 Å². The number of fused-ring (bicyclic) bond motifs is 3. The van der Waals surface area contributed by atoms with Crippen LogP contribution in [0.25, 0.3) is 22.1 Å². The van der Waals surface area contributed by atoms with Crippen molar-refractivity contribution in [3.05, 3.63) is 40.9 Å². The molecule has 25 heavy (non-hydrogen) atoms. The first kappa shape index (κ1) is 17.4. The molecule has 2 aromatic heterocycles. The van der Waals surface area contributed by atoms with E-state index in [0.29, 0.717) is 24.2 Å². The van der Waals surface area contributed by atoms with Gasteiger partial charge in [0.2, 0.25) is 11.5 Å². The number of likely N-dealkylation sites (tertiary alicyclic amines) is 1. The topological polar surface area (TPSA) is 94.4 Å². The quantitative estimate of drug-likeness (QED) is 0.762. The smallest absolute Gasteiger partial charge is 0.297 e. The molecular weight excluding hydrogens is 344 g/mol. The number of hydrogen-bond donors (Lipinski definition) is 1. The first-order chi connectivity index (χ1) is 11.7. The SMILES string of the molecule is Cl.NCC1CCCN1C(=O)Cn1cnc2c(oc3ccccc32)c1=O. The van der Waals surface area contributed by atoms with Gasteiger partial charge < -0.3 is 15.1 Å². The van der Waals surface area contributed by atoms with Crippen molar-refractivity contribution in [3.63, 3.8) is 0 Å². The van der Waals surface area contributed by atoms with Crippen LogP contribution in [-0.4, -0.2) is 39.5 Å². The lowest BCUT2D eigenvalue weighted by Gasteiger charge is -2.23. The largest absolute Gasteiger partial charge is 0.448 e. The molecule has 0 spiro atoms. The molecule has 1 saturated heterocycles. The highest BCUT2D eigenvalue weighted by Crippen LogP contribution is 2.24. The highest BCUT2D eigenvalue weighted by molar-refractivity contribution is 6.01. The number of furan rings is 1. The van der Waals surface area contributed by atoms with E-state index in [-0.39, 0.29) is 42.0 Å². The van der Waals surface area contributed by atoms with Gasteiger partial charge in [0.1, 0.15) is 17.6 Å². The summed E-state index contributed by atoms with van der Waals surface area (Å²) in [4.78, 5) is 31.2. The van der Waals surface area contributed by atoms with Gasteiger partial charge in [-0.1, -0.05) is 12.1 Å². The molecule has 8 heteroatoms. The predicted molar refractivity (Wildman–Crippen MR) is 96.8 cm³/mol. The van der Waals surface area contributed by atoms with Crippen LogP contribution >= 0.6 is 12.4 Å². The van der Waals surface area contributed by atoms with Crippen LogP contribution in [0.15, 0.2) is 39.8 Å². The Hall–Kier alpha value is -2.38. The zero-order valence-electron chi connectivity index (χ0n) is 13.6. The number of amides is 1. The van der Waals surface area contributed by atoms with Gasteiger partial charge in [-0.2, -0.15) is 0 Å². The molecule has 0 saturated carbocycles. The van der Waals surface area contributed by atoms with Crippen LogP contribution in [0.5, 0.6) is 0 Å². The summed E-state index contributed by atoms with van der Waals surface area (Å²) in [6.45, 7) is 1.09. The molecule has 132 valence electrons. The fourth-order valence-electron chi connectivity index (χ4n) is 3.37. The molecule has 1 aliphatic heterocycles. The molecule has 7 nitrogen and oxygen atoms in total. The Bertz CT molecular complexity index is 981. The van der Waals surface area contributed by atoms with Gasteiger partial charge in [-0.25, -0.2) is 4.98 Å². The fourth-order valence-corrected chi connectivity index (χ4v) is 3.37. The number of rotatable bonds is 3. The number of halogens is 1. The van der Waals surface area contributed by atoms with Crippen molar-refractivity contribution in [2.75, 3.05) is 13.1 Å². The number of carbonyl (C=O) groups is 1. The Balaban J connectivity index is 0.00000182. The van der Waals surface area contributed by atoms with Gasteiger partial charge in [-0.05, 0) is 25.0 Å². The van der Waals surface area contributed by atoms with Gasteiger partial charge in [-0.15, -0.1) is 12.4 Å². The Labute approximate surface area is 149 Å². The molecular formula is C17H19ClN4O3. The van der Waals surface area contributed by atoms with Crippen LogP contribution in [0.1, 0.15) is 12.8 Å². The third-order valence-corrected chi connectivity index (χ3v) is 4.63. The lowest BCUT2D eigenvalue weighted by molar-refractivity contribution is -0.132. The average Bonchev–Trinajstić information content (AvgIpc) is 3.21. The van der Waals surface area contributed by atoms with Gasteiger partial charge in [0.25, 0.3) is 5.56 Å². The van der Waals surface area contributed by atoms with Crippen LogP contribution < -0.4 is 11.3 Å². The van der Waals surface area contributed by atoms with Crippen molar-refractivity contribution in [1.82, 2.24) is 14.5 Å². The molecule has 0 bridgehead atoms. The molecule has 1 atom stereocenters. The number of carbonyl (C=O) groups excluding carboxylic acids is 1. The highest BCUT2D eigenvalue weighted by atomic mass is 35.5. The molecule has 3 heterocycles. The van der Waals surface area contributed by atoms with E-state index in [2.05, 4.69) is 4.98 Å². The first-order valence-electron chi connectivity index (χ1n) is 8.05. The summed E-state index contributed by atoms with van der Waals surface area (Å²) in [5.74, 6) is -0.109. The van der Waals surface area contributed by atoms with Crippen LogP contribution in [0.2, 0.25) is 0 Å². The third kappa shape index (κ3) is 2.89. The molecule has 1 amide bonds. The Morgan fingerprint density at radius 1 is 1.36 bits per heavy atom. The van der Waals surface area contributed by atoms with Gasteiger partial charge >= 0.3 is 0 Å². The number of para-hydroxylation sites is 1. The second-order valence-electron chi connectivity index (χ2n) is 6.07. The third-order valence-electron chi connectivity index (χ3n) is 4.63. The van der Waals surface area contributed by atoms with E-state index >= 15 is 0 Å². The summed E-state index contributed by atoms with van der Waals surface area (Å²) in [7, 11) is 0. The van der Waals surface area contributed by atoms with Crippen molar-refractivity contribution < 1.29 is 9.21 Å². The lowest BCUT2D eigenvalue weighted by Crippen LogP contribution is -2.42. The second-order valence-corrected chi connectivity index (χ2v) is 6.07. The van der Waals surface area contributed by atoms with Gasteiger partial charge in [0, 0.05) is 24.5 Å². The van der Waals surface area contributed by atoms with Crippen molar-refractivity contribution in [1.29, 1.82) is 0 Å². The van der Waals surface area contributed by atoms with E-state index in [1.54, 1.807) is 11.0 Å². The van der Waals surface area contributed by atoms with Crippen molar-refractivity contribution in [3.8, 4) is 0 Å². The van der Waals surface area contributed by atoms with Crippen LogP contribution in [0.4, 0.5) is 0 Å². The van der Waals surface area contributed by atoms with E-state index in [0.717, 1.165) is 18.2 Å². The molecule has 4 rings (SSSR count). The second kappa shape index (κ2) is 6.85. The van der Waals surface area contributed by atoms with Crippen LogP contribution in [0, 0.1) is 0 Å². The van der Waals surface area contributed by atoms with E-state index in [9.17, 15) is 9.59 Å². The Morgan fingerprint density at radius 3 is 2.96 bits per heavy atom. The molecule has 1 fully saturated rings. The normalized spacial score (nSPS) is 17.2. The van der Waals surface area contributed by atoms with Gasteiger partial charge in [-0.3, -0.25) is 14.2 Å². The number of nitrogens with zero attached hydrogens (tertiary/aromatic N) is 3. The van der Waals surface area contributed by atoms with E-state index in [4.69, 9.17) is 10.2 Å². The number of nitrogens with two attached hydrogens (primary N) is 1. The number of hydrogen-bond acceptors (Lipinski definition) is 5. The maximum Gasteiger partial charge on any atom is 0.297 e. The summed E-state index contributed by atoms with van der Waals surface area (Å²) in [6.07, 6.45) is 3.28. The Kier molecular flexibility index (Phi) is 4.78.